The van der Waals surface area contributed by atoms with E-state index in [0.29, 0.717) is 0 Å². The Kier molecular flexibility index (Phi) is 4.91. The molecule has 2 aromatic heterocycles. The Balaban J connectivity index is 1.79. The highest BCUT2D eigenvalue weighted by atomic mass is 16.5. The fourth-order valence-electron chi connectivity index (χ4n) is 1.86. The average molecular weight is 264 g/mol. The number of anilines is 1. The Labute approximate surface area is 112 Å². The Morgan fingerprint density at radius 3 is 3.05 bits per heavy atom. The molecule has 0 saturated carbocycles. The first-order valence-corrected chi connectivity index (χ1v) is 6.38. The van der Waals surface area contributed by atoms with Gasteiger partial charge in [0.05, 0.1) is 0 Å². The van der Waals surface area contributed by atoms with Crippen molar-refractivity contribution in [2.24, 2.45) is 7.05 Å². The van der Waals surface area contributed by atoms with E-state index in [1.165, 1.54) is 0 Å². The van der Waals surface area contributed by atoms with Crippen LogP contribution in [0.3, 0.4) is 0 Å². The molecule has 0 fully saturated rings. The lowest BCUT2D eigenvalue weighted by molar-refractivity contribution is 0.190. The molecule has 0 aliphatic rings. The van der Waals surface area contributed by atoms with Crippen molar-refractivity contribution in [3.05, 3.63) is 24.5 Å². The van der Waals surface area contributed by atoms with Gasteiger partial charge in [-0.1, -0.05) is 0 Å². The average Bonchev–Trinajstić information content (AvgIpc) is 3.00. The minimum absolute atomic E-state index is 0.760. The molecule has 0 bridgehead atoms. The molecule has 19 heavy (non-hydrogen) atoms. The normalized spacial score (nSPS) is 10.8. The van der Waals surface area contributed by atoms with Crippen molar-refractivity contribution in [3.63, 3.8) is 0 Å². The minimum Gasteiger partial charge on any atom is -0.385 e. The molecule has 0 unspecified atom stereocenters. The number of nitrogens with one attached hydrogen (secondary N) is 1. The van der Waals surface area contributed by atoms with E-state index in [1.54, 1.807) is 19.6 Å². The van der Waals surface area contributed by atoms with Crippen LogP contribution in [0.15, 0.2) is 18.7 Å². The quantitative estimate of drug-likeness (QED) is 0.711. The third-order valence-corrected chi connectivity index (χ3v) is 2.90. The molecule has 0 aromatic carbocycles. The van der Waals surface area contributed by atoms with Crippen molar-refractivity contribution in [2.45, 2.75) is 19.4 Å². The predicted molar refractivity (Wildman–Crippen MR) is 71.9 cm³/mol. The number of ether oxygens (including phenoxy) is 1. The highest BCUT2D eigenvalue weighted by molar-refractivity contribution is 5.25. The molecule has 0 spiro atoms. The van der Waals surface area contributed by atoms with Crippen molar-refractivity contribution in [1.29, 1.82) is 0 Å². The number of hydrogen-bond acceptors (Lipinski definition) is 5. The summed E-state index contributed by atoms with van der Waals surface area (Å²) in [7, 11) is 3.66. The molecular formula is C12H20N6O. The van der Waals surface area contributed by atoms with E-state index in [2.05, 4.69) is 25.1 Å². The SMILES string of the molecule is COCCCn1ccnc1NCCc1nncn1C. The molecule has 7 nitrogen and oxygen atoms in total. The van der Waals surface area contributed by atoms with Crippen LogP contribution in [0.4, 0.5) is 5.95 Å². The van der Waals surface area contributed by atoms with E-state index >= 15 is 0 Å². The van der Waals surface area contributed by atoms with Crippen LogP contribution >= 0.6 is 0 Å². The van der Waals surface area contributed by atoms with Crippen LogP contribution in [-0.2, 0) is 24.8 Å². The number of hydrogen-bond donors (Lipinski definition) is 1. The topological polar surface area (TPSA) is 69.8 Å². The molecule has 2 heterocycles. The van der Waals surface area contributed by atoms with Crippen LogP contribution in [0, 0.1) is 0 Å². The lowest BCUT2D eigenvalue weighted by Gasteiger charge is -2.09. The number of imidazole rings is 1. The lowest BCUT2D eigenvalue weighted by atomic mass is 10.4. The highest BCUT2D eigenvalue weighted by Gasteiger charge is 2.04. The first kappa shape index (κ1) is 13.5. The summed E-state index contributed by atoms with van der Waals surface area (Å²) in [5.74, 6) is 1.85. The van der Waals surface area contributed by atoms with E-state index in [-0.39, 0.29) is 0 Å². The molecular weight excluding hydrogens is 244 g/mol. The molecule has 0 atom stereocenters. The van der Waals surface area contributed by atoms with Crippen molar-refractivity contribution in [1.82, 2.24) is 24.3 Å². The van der Waals surface area contributed by atoms with Crippen LogP contribution in [0.2, 0.25) is 0 Å². The number of nitrogens with zero attached hydrogens (tertiary/aromatic N) is 5. The molecule has 0 aliphatic carbocycles. The largest absolute Gasteiger partial charge is 0.385 e. The molecule has 104 valence electrons. The standard InChI is InChI=1S/C12H20N6O/c1-17-10-15-16-11(17)4-5-13-12-14-6-8-18(12)7-3-9-19-2/h6,8,10H,3-5,7,9H2,1-2H3,(H,13,14). The zero-order valence-corrected chi connectivity index (χ0v) is 11.4. The number of aryl methyl sites for hydroxylation is 2. The van der Waals surface area contributed by atoms with Gasteiger partial charge in [0.15, 0.2) is 0 Å². The van der Waals surface area contributed by atoms with Gasteiger partial charge in [0.2, 0.25) is 5.95 Å². The van der Waals surface area contributed by atoms with Crippen LogP contribution in [0.1, 0.15) is 12.2 Å². The molecule has 7 heteroatoms. The Hall–Kier alpha value is -1.89. The summed E-state index contributed by atoms with van der Waals surface area (Å²) < 4.78 is 9.07. The zero-order chi connectivity index (χ0) is 13.5. The summed E-state index contributed by atoms with van der Waals surface area (Å²) in [6.07, 6.45) is 7.28. The summed E-state index contributed by atoms with van der Waals surface area (Å²) in [6.45, 7) is 2.45. The molecule has 0 aliphatic heterocycles. The van der Waals surface area contributed by atoms with Gasteiger partial charge in [-0.15, -0.1) is 10.2 Å². The Morgan fingerprint density at radius 1 is 1.42 bits per heavy atom. The maximum absolute atomic E-state index is 5.05. The molecule has 0 amide bonds. The lowest BCUT2D eigenvalue weighted by Crippen LogP contribution is -2.13. The van der Waals surface area contributed by atoms with Crippen molar-refractivity contribution < 1.29 is 4.74 Å². The van der Waals surface area contributed by atoms with Crippen LogP contribution in [-0.4, -0.2) is 44.6 Å². The second-order valence-corrected chi connectivity index (χ2v) is 4.33. The first-order valence-electron chi connectivity index (χ1n) is 6.38. The van der Waals surface area contributed by atoms with Crippen molar-refractivity contribution >= 4 is 5.95 Å². The molecule has 0 saturated heterocycles. The Bertz CT molecular complexity index is 492. The third-order valence-electron chi connectivity index (χ3n) is 2.90. The Morgan fingerprint density at radius 2 is 2.32 bits per heavy atom. The maximum Gasteiger partial charge on any atom is 0.202 e. The predicted octanol–water partition coefficient (Wildman–Crippen LogP) is 0.703. The van der Waals surface area contributed by atoms with Crippen LogP contribution in [0.5, 0.6) is 0 Å². The van der Waals surface area contributed by atoms with Gasteiger partial charge >= 0.3 is 0 Å². The van der Waals surface area contributed by atoms with Gasteiger partial charge in [0.1, 0.15) is 12.2 Å². The molecule has 2 rings (SSSR count). The zero-order valence-electron chi connectivity index (χ0n) is 11.4. The molecule has 1 N–H and O–H groups in total. The second-order valence-electron chi connectivity index (χ2n) is 4.33. The first-order chi connectivity index (χ1) is 9.31. The highest BCUT2D eigenvalue weighted by Crippen LogP contribution is 2.05. The van der Waals surface area contributed by atoms with E-state index in [0.717, 1.165) is 44.3 Å². The molecule has 0 radical (unpaired) electrons. The second kappa shape index (κ2) is 6.89. The summed E-state index contributed by atoms with van der Waals surface area (Å²) in [6, 6.07) is 0. The van der Waals surface area contributed by atoms with Gasteiger partial charge in [-0.05, 0) is 6.42 Å². The summed E-state index contributed by atoms with van der Waals surface area (Å²) in [5, 5.41) is 11.2. The summed E-state index contributed by atoms with van der Waals surface area (Å²) in [5.41, 5.74) is 0. The van der Waals surface area contributed by atoms with Gasteiger partial charge < -0.3 is 19.2 Å². The van der Waals surface area contributed by atoms with Gasteiger partial charge in [0.25, 0.3) is 0 Å². The minimum atomic E-state index is 0.760. The number of aromatic nitrogens is 5. The van der Waals surface area contributed by atoms with Gasteiger partial charge in [-0.25, -0.2) is 4.98 Å². The van der Waals surface area contributed by atoms with Gasteiger partial charge in [-0.3, -0.25) is 0 Å². The van der Waals surface area contributed by atoms with Crippen LogP contribution < -0.4 is 5.32 Å². The monoisotopic (exact) mass is 264 g/mol. The van der Waals surface area contributed by atoms with E-state index in [9.17, 15) is 0 Å². The van der Waals surface area contributed by atoms with Crippen molar-refractivity contribution in [2.75, 3.05) is 25.6 Å². The summed E-state index contributed by atoms with van der Waals surface area (Å²) >= 11 is 0. The van der Waals surface area contributed by atoms with E-state index in [4.69, 9.17) is 4.74 Å². The molecule has 2 aromatic rings. The van der Waals surface area contributed by atoms with Crippen LogP contribution in [0.25, 0.3) is 0 Å². The van der Waals surface area contributed by atoms with Crippen molar-refractivity contribution in [3.8, 4) is 0 Å². The maximum atomic E-state index is 5.05. The number of methoxy groups -OCH3 is 1. The smallest absolute Gasteiger partial charge is 0.202 e. The van der Waals surface area contributed by atoms with E-state index in [1.807, 2.05) is 17.8 Å². The fraction of sp³-hybridized carbons (Fsp3) is 0.583. The number of rotatable bonds is 8. The third kappa shape index (κ3) is 3.78. The van der Waals surface area contributed by atoms with E-state index < -0.39 is 0 Å². The summed E-state index contributed by atoms with van der Waals surface area (Å²) in [4.78, 5) is 4.30. The fourth-order valence-corrected chi connectivity index (χ4v) is 1.86. The van der Waals surface area contributed by atoms with Gasteiger partial charge in [0, 0.05) is 52.7 Å². The van der Waals surface area contributed by atoms with Gasteiger partial charge in [-0.2, -0.15) is 0 Å².